The highest BCUT2D eigenvalue weighted by atomic mass is 14.1. The zero-order valence-corrected chi connectivity index (χ0v) is 12.5. The molecule has 0 N–H and O–H groups in total. The van der Waals surface area contributed by atoms with Gasteiger partial charge in [0.15, 0.2) is 0 Å². The van der Waals surface area contributed by atoms with E-state index in [1.807, 2.05) is 0 Å². The Labute approximate surface area is 117 Å². The molecule has 0 aliphatic carbocycles. The molecular formula is C19H24. The van der Waals surface area contributed by atoms with Crippen LogP contribution in [-0.4, -0.2) is 0 Å². The molecule has 0 atom stereocenters. The number of hydrogen-bond donors (Lipinski definition) is 0. The van der Waals surface area contributed by atoms with E-state index in [2.05, 4.69) is 76.2 Å². The Morgan fingerprint density at radius 3 is 2.05 bits per heavy atom. The largest absolute Gasteiger partial charge is 0.0622 e. The summed E-state index contributed by atoms with van der Waals surface area (Å²) < 4.78 is 0. The second kappa shape index (κ2) is 6.06. The van der Waals surface area contributed by atoms with Crippen LogP contribution in [-0.2, 0) is 6.42 Å². The van der Waals surface area contributed by atoms with E-state index in [0.717, 1.165) is 6.42 Å². The van der Waals surface area contributed by atoms with Gasteiger partial charge in [0, 0.05) is 0 Å². The summed E-state index contributed by atoms with van der Waals surface area (Å²) in [6, 6.07) is 17.7. The first-order chi connectivity index (χ1) is 9.08. The van der Waals surface area contributed by atoms with Gasteiger partial charge in [0.05, 0.1) is 0 Å². The summed E-state index contributed by atoms with van der Waals surface area (Å²) in [6.45, 7) is 9.09. The topological polar surface area (TPSA) is 0 Å². The van der Waals surface area contributed by atoms with Crippen LogP contribution in [0.1, 0.15) is 61.8 Å². The van der Waals surface area contributed by atoms with Crippen LogP contribution < -0.4 is 0 Å². The Morgan fingerprint density at radius 2 is 1.47 bits per heavy atom. The molecule has 0 unspecified atom stereocenters. The highest BCUT2D eigenvalue weighted by Crippen LogP contribution is 2.26. The molecule has 0 fully saturated rings. The molecule has 0 spiro atoms. The Kier molecular flexibility index (Phi) is 4.42. The average Bonchev–Trinajstić information content (AvgIpc) is 2.39. The van der Waals surface area contributed by atoms with E-state index in [1.165, 1.54) is 22.3 Å². The van der Waals surface area contributed by atoms with Crippen LogP contribution in [0.4, 0.5) is 0 Å². The fraction of sp³-hybridized carbons (Fsp3) is 0.368. The summed E-state index contributed by atoms with van der Waals surface area (Å²) in [5.74, 6) is 1.18. The average molecular weight is 252 g/mol. The van der Waals surface area contributed by atoms with Crippen LogP contribution in [0.25, 0.3) is 0 Å². The molecule has 100 valence electrons. The first-order valence-corrected chi connectivity index (χ1v) is 7.24. The Morgan fingerprint density at radius 1 is 0.789 bits per heavy atom. The van der Waals surface area contributed by atoms with Gasteiger partial charge in [-0.15, -0.1) is 0 Å². The van der Waals surface area contributed by atoms with Crippen molar-refractivity contribution in [2.24, 2.45) is 0 Å². The normalized spacial score (nSPS) is 11.3. The van der Waals surface area contributed by atoms with Crippen LogP contribution in [0.3, 0.4) is 0 Å². The summed E-state index contributed by atoms with van der Waals surface area (Å²) in [4.78, 5) is 0. The van der Waals surface area contributed by atoms with Crippen molar-refractivity contribution in [3.05, 3.63) is 70.8 Å². The summed E-state index contributed by atoms with van der Waals surface area (Å²) >= 11 is 0. The van der Waals surface area contributed by atoms with Crippen LogP contribution in [0.15, 0.2) is 48.5 Å². The third kappa shape index (κ3) is 3.47. The quantitative estimate of drug-likeness (QED) is 0.671. The third-order valence-corrected chi connectivity index (χ3v) is 3.70. The lowest BCUT2D eigenvalue weighted by molar-refractivity contribution is 0.821. The Hall–Kier alpha value is -1.56. The number of rotatable bonds is 4. The molecule has 0 saturated heterocycles. The Balaban J connectivity index is 2.34. The van der Waals surface area contributed by atoms with Crippen molar-refractivity contribution >= 4 is 0 Å². The highest BCUT2D eigenvalue weighted by molar-refractivity contribution is 5.38. The van der Waals surface area contributed by atoms with Gasteiger partial charge in [-0.1, -0.05) is 76.2 Å². The van der Waals surface area contributed by atoms with Crippen molar-refractivity contribution in [1.29, 1.82) is 0 Å². The summed E-state index contributed by atoms with van der Waals surface area (Å²) in [5.41, 5.74) is 5.79. The fourth-order valence-corrected chi connectivity index (χ4v) is 2.49. The first kappa shape index (κ1) is 13.9. The van der Waals surface area contributed by atoms with E-state index in [9.17, 15) is 0 Å². The van der Waals surface area contributed by atoms with Crippen molar-refractivity contribution in [1.82, 2.24) is 0 Å². The second-order valence-electron chi connectivity index (χ2n) is 5.93. The second-order valence-corrected chi connectivity index (χ2v) is 5.93. The zero-order chi connectivity index (χ0) is 13.8. The van der Waals surface area contributed by atoms with E-state index >= 15 is 0 Å². The molecule has 2 aromatic carbocycles. The minimum atomic E-state index is 0.581. The van der Waals surface area contributed by atoms with Crippen molar-refractivity contribution in [2.75, 3.05) is 0 Å². The van der Waals surface area contributed by atoms with Crippen LogP contribution in [0.5, 0.6) is 0 Å². The zero-order valence-electron chi connectivity index (χ0n) is 12.5. The minimum Gasteiger partial charge on any atom is -0.0622 e. The summed E-state index contributed by atoms with van der Waals surface area (Å²) in [5, 5.41) is 0. The molecule has 0 amide bonds. The number of benzene rings is 2. The van der Waals surface area contributed by atoms with Crippen molar-refractivity contribution in [3.8, 4) is 0 Å². The van der Waals surface area contributed by atoms with Gasteiger partial charge in [-0.3, -0.25) is 0 Å². The SMILES string of the molecule is CC(C)c1ccc(Cc2ccccc2)c(C(C)C)c1. The molecule has 0 radical (unpaired) electrons. The maximum atomic E-state index is 2.40. The molecule has 0 bridgehead atoms. The molecule has 19 heavy (non-hydrogen) atoms. The van der Waals surface area contributed by atoms with E-state index in [1.54, 1.807) is 0 Å². The predicted octanol–water partition coefficient (Wildman–Crippen LogP) is 5.52. The Bertz CT molecular complexity index is 521. The molecule has 0 aliphatic heterocycles. The van der Waals surface area contributed by atoms with Gasteiger partial charge in [0.2, 0.25) is 0 Å². The highest BCUT2D eigenvalue weighted by Gasteiger charge is 2.10. The third-order valence-electron chi connectivity index (χ3n) is 3.70. The lowest BCUT2D eigenvalue weighted by atomic mass is 9.89. The van der Waals surface area contributed by atoms with Gasteiger partial charge in [-0.2, -0.15) is 0 Å². The van der Waals surface area contributed by atoms with Crippen molar-refractivity contribution < 1.29 is 0 Å². The monoisotopic (exact) mass is 252 g/mol. The predicted molar refractivity (Wildman–Crippen MR) is 83.9 cm³/mol. The van der Waals surface area contributed by atoms with Crippen molar-refractivity contribution in [3.63, 3.8) is 0 Å². The van der Waals surface area contributed by atoms with Gasteiger partial charge in [-0.05, 0) is 40.5 Å². The molecule has 0 saturated carbocycles. The van der Waals surface area contributed by atoms with Gasteiger partial charge >= 0.3 is 0 Å². The van der Waals surface area contributed by atoms with Crippen LogP contribution in [0, 0.1) is 0 Å². The molecule has 0 nitrogen and oxygen atoms in total. The van der Waals surface area contributed by atoms with Gasteiger partial charge in [0.25, 0.3) is 0 Å². The molecule has 0 heterocycles. The first-order valence-electron chi connectivity index (χ1n) is 7.24. The van der Waals surface area contributed by atoms with Crippen LogP contribution >= 0.6 is 0 Å². The van der Waals surface area contributed by atoms with Gasteiger partial charge in [0.1, 0.15) is 0 Å². The van der Waals surface area contributed by atoms with Gasteiger partial charge in [-0.25, -0.2) is 0 Å². The van der Waals surface area contributed by atoms with E-state index in [-0.39, 0.29) is 0 Å². The van der Waals surface area contributed by atoms with Crippen LogP contribution in [0.2, 0.25) is 0 Å². The van der Waals surface area contributed by atoms with Crippen molar-refractivity contribution in [2.45, 2.75) is 46.0 Å². The van der Waals surface area contributed by atoms with E-state index < -0.39 is 0 Å². The minimum absolute atomic E-state index is 0.581. The fourth-order valence-electron chi connectivity index (χ4n) is 2.49. The number of hydrogen-bond acceptors (Lipinski definition) is 0. The molecule has 0 heteroatoms. The molecule has 0 aromatic heterocycles. The van der Waals surface area contributed by atoms with Gasteiger partial charge < -0.3 is 0 Å². The lowest BCUT2D eigenvalue weighted by Crippen LogP contribution is -2.00. The smallest absolute Gasteiger partial charge is 0.00229 e. The lowest BCUT2D eigenvalue weighted by Gasteiger charge is -2.16. The molecule has 2 rings (SSSR count). The summed E-state index contributed by atoms with van der Waals surface area (Å²) in [7, 11) is 0. The molecular weight excluding hydrogens is 228 g/mol. The standard InChI is InChI=1S/C19H24/c1-14(2)17-10-11-18(19(13-17)15(3)4)12-16-8-6-5-7-9-16/h5-11,13-15H,12H2,1-4H3. The summed E-state index contributed by atoms with van der Waals surface area (Å²) in [6.07, 6.45) is 1.03. The maximum Gasteiger partial charge on any atom is -0.00229 e. The molecule has 0 aliphatic rings. The van der Waals surface area contributed by atoms with E-state index in [0.29, 0.717) is 11.8 Å². The maximum absolute atomic E-state index is 2.40. The van der Waals surface area contributed by atoms with E-state index in [4.69, 9.17) is 0 Å². The molecule has 2 aromatic rings.